The number of halogens is 2. The predicted molar refractivity (Wildman–Crippen MR) is 102 cm³/mol. The number of hydrogen-bond acceptors (Lipinski definition) is 4. The summed E-state index contributed by atoms with van der Waals surface area (Å²) in [5, 5.41) is 2.65. The largest absolute Gasteiger partial charge is 0.457 e. The number of nitrogens with one attached hydrogen (secondary N) is 1. The van der Waals surface area contributed by atoms with Gasteiger partial charge in [0, 0.05) is 24.4 Å². The number of pyridine rings is 1. The molecule has 2 aromatic carbocycles. The van der Waals surface area contributed by atoms with Crippen LogP contribution in [0, 0.1) is 11.6 Å². The highest BCUT2D eigenvalue weighted by Crippen LogP contribution is 2.22. The van der Waals surface area contributed by atoms with Crippen molar-refractivity contribution in [3.05, 3.63) is 89.2 Å². The number of nitrogens with two attached hydrogens (primary N) is 1. The Hall–Kier alpha value is -3.81. The third kappa shape index (κ3) is 5.35. The fourth-order valence-corrected chi connectivity index (χ4v) is 2.57. The van der Waals surface area contributed by atoms with E-state index in [9.17, 15) is 18.4 Å². The molecule has 0 spiro atoms. The van der Waals surface area contributed by atoms with Gasteiger partial charge in [0.1, 0.15) is 17.2 Å². The van der Waals surface area contributed by atoms with Gasteiger partial charge < -0.3 is 15.8 Å². The molecule has 3 rings (SSSR count). The summed E-state index contributed by atoms with van der Waals surface area (Å²) >= 11 is 0. The molecule has 3 aromatic rings. The quantitative estimate of drug-likeness (QED) is 0.640. The third-order valence-electron chi connectivity index (χ3n) is 4.00. The fraction of sp³-hybridized carbons (Fsp3) is 0.0952. The maximum absolute atomic E-state index is 13.2. The molecule has 3 N–H and O–H groups in total. The van der Waals surface area contributed by atoms with Gasteiger partial charge in [0.2, 0.25) is 0 Å². The average Bonchev–Trinajstić information content (AvgIpc) is 2.70. The van der Waals surface area contributed by atoms with E-state index in [0.717, 1.165) is 17.7 Å². The lowest BCUT2D eigenvalue weighted by atomic mass is 10.1. The monoisotopic (exact) mass is 397 g/mol. The minimum atomic E-state index is -1.07. The highest BCUT2D eigenvalue weighted by atomic mass is 19.2. The minimum Gasteiger partial charge on any atom is -0.457 e. The van der Waals surface area contributed by atoms with Crippen LogP contribution in [-0.4, -0.2) is 23.3 Å². The summed E-state index contributed by atoms with van der Waals surface area (Å²) < 4.78 is 31.9. The zero-order valence-corrected chi connectivity index (χ0v) is 15.2. The van der Waals surface area contributed by atoms with E-state index in [0.29, 0.717) is 24.5 Å². The number of carbonyl (C=O) groups excluding carboxylic acids is 2. The van der Waals surface area contributed by atoms with E-state index in [-0.39, 0.29) is 11.3 Å². The van der Waals surface area contributed by atoms with Gasteiger partial charge in [0.05, 0.1) is 0 Å². The lowest BCUT2D eigenvalue weighted by Gasteiger charge is -2.09. The number of nitrogens with zero attached hydrogens (tertiary/aromatic N) is 1. The molecule has 0 aliphatic carbocycles. The lowest BCUT2D eigenvalue weighted by molar-refractivity contribution is 0.0952. The highest BCUT2D eigenvalue weighted by Gasteiger charge is 2.09. The molecule has 0 atom stereocenters. The van der Waals surface area contributed by atoms with Crippen molar-refractivity contribution in [2.45, 2.75) is 6.42 Å². The Bertz CT molecular complexity index is 1060. The molecule has 29 heavy (non-hydrogen) atoms. The number of benzene rings is 2. The van der Waals surface area contributed by atoms with Gasteiger partial charge in [-0.2, -0.15) is 0 Å². The van der Waals surface area contributed by atoms with Crippen LogP contribution in [0.4, 0.5) is 8.78 Å². The molecule has 8 heteroatoms. The molecule has 0 radical (unpaired) electrons. The molecule has 0 bridgehead atoms. The maximum Gasteiger partial charge on any atom is 0.267 e. The van der Waals surface area contributed by atoms with Crippen LogP contribution in [0.5, 0.6) is 11.5 Å². The maximum atomic E-state index is 13.2. The van der Waals surface area contributed by atoms with Crippen molar-refractivity contribution in [1.82, 2.24) is 10.3 Å². The summed E-state index contributed by atoms with van der Waals surface area (Å²) in [6, 6.07) is 13.2. The number of primary amides is 1. The Morgan fingerprint density at radius 1 is 1.00 bits per heavy atom. The van der Waals surface area contributed by atoms with Crippen LogP contribution in [-0.2, 0) is 6.42 Å². The smallest absolute Gasteiger partial charge is 0.267 e. The number of amides is 2. The van der Waals surface area contributed by atoms with Crippen molar-refractivity contribution < 1.29 is 23.1 Å². The Balaban J connectivity index is 1.58. The van der Waals surface area contributed by atoms with Crippen LogP contribution in [0.3, 0.4) is 0 Å². The molecular weight excluding hydrogens is 380 g/mol. The van der Waals surface area contributed by atoms with Gasteiger partial charge in [-0.05, 0) is 48.4 Å². The van der Waals surface area contributed by atoms with Gasteiger partial charge in [-0.25, -0.2) is 8.78 Å². The fourth-order valence-electron chi connectivity index (χ4n) is 2.57. The molecule has 1 heterocycles. The predicted octanol–water partition coefficient (Wildman–Crippen LogP) is 3.22. The topological polar surface area (TPSA) is 94.3 Å². The molecule has 148 valence electrons. The summed E-state index contributed by atoms with van der Waals surface area (Å²) in [7, 11) is 0. The lowest BCUT2D eigenvalue weighted by Crippen LogP contribution is -2.25. The van der Waals surface area contributed by atoms with Gasteiger partial charge in [-0.1, -0.05) is 12.1 Å². The van der Waals surface area contributed by atoms with Gasteiger partial charge in [-0.3, -0.25) is 14.6 Å². The molecule has 0 saturated carbocycles. The Morgan fingerprint density at radius 2 is 1.79 bits per heavy atom. The van der Waals surface area contributed by atoms with Gasteiger partial charge in [-0.15, -0.1) is 0 Å². The van der Waals surface area contributed by atoms with Gasteiger partial charge in [0.25, 0.3) is 11.8 Å². The van der Waals surface area contributed by atoms with Crippen molar-refractivity contribution in [1.29, 1.82) is 0 Å². The van der Waals surface area contributed by atoms with Gasteiger partial charge >= 0.3 is 0 Å². The summed E-state index contributed by atoms with van der Waals surface area (Å²) in [4.78, 5) is 27.1. The molecule has 0 aliphatic rings. The molecule has 0 unspecified atom stereocenters. The molecule has 2 amide bonds. The van der Waals surface area contributed by atoms with Crippen molar-refractivity contribution in [3.63, 3.8) is 0 Å². The number of rotatable bonds is 7. The normalized spacial score (nSPS) is 10.4. The van der Waals surface area contributed by atoms with Crippen LogP contribution in [0.15, 0.2) is 60.8 Å². The van der Waals surface area contributed by atoms with Crippen molar-refractivity contribution in [2.24, 2.45) is 5.73 Å². The SMILES string of the molecule is NC(=O)c1cc(Oc2cccc(CCNC(=O)c3ccc(F)c(F)c3)c2)ccn1. The highest BCUT2D eigenvalue weighted by molar-refractivity contribution is 5.94. The van der Waals surface area contributed by atoms with Crippen LogP contribution < -0.4 is 15.8 Å². The summed E-state index contributed by atoms with van der Waals surface area (Å²) in [6.07, 6.45) is 1.92. The first-order valence-electron chi connectivity index (χ1n) is 8.68. The first kappa shape index (κ1) is 19.9. The van der Waals surface area contributed by atoms with E-state index in [1.165, 1.54) is 18.3 Å². The summed E-state index contributed by atoms with van der Waals surface area (Å²) in [5.74, 6) is -2.27. The Labute approximate surface area is 165 Å². The van der Waals surface area contributed by atoms with Crippen LogP contribution >= 0.6 is 0 Å². The van der Waals surface area contributed by atoms with Crippen molar-refractivity contribution in [2.75, 3.05) is 6.54 Å². The van der Waals surface area contributed by atoms with E-state index in [2.05, 4.69) is 10.3 Å². The Morgan fingerprint density at radius 3 is 2.55 bits per heavy atom. The second kappa shape index (κ2) is 8.92. The van der Waals surface area contributed by atoms with E-state index in [1.54, 1.807) is 24.3 Å². The van der Waals surface area contributed by atoms with Crippen molar-refractivity contribution in [3.8, 4) is 11.5 Å². The molecule has 1 aromatic heterocycles. The van der Waals surface area contributed by atoms with Crippen LogP contribution in [0.25, 0.3) is 0 Å². The third-order valence-corrected chi connectivity index (χ3v) is 4.00. The number of ether oxygens (including phenoxy) is 1. The van der Waals surface area contributed by atoms with E-state index < -0.39 is 23.4 Å². The first-order valence-corrected chi connectivity index (χ1v) is 8.68. The van der Waals surface area contributed by atoms with E-state index >= 15 is 0 Å². The Kier molecular flexibility index (Phi) is 6.13. The molecule has 0 aliphatic heterocycles. The summed E-state index contributed by atoms with van der Waals surface area (Å²) in [6.45, 7) is 0.294. The second-order valence-corrected chi connectivity index (χ2v) is 6.13. The zero-order chi connectivity index (χ0) is 20.8. The first-order chi connectivity index (χ1) is 13.9. The average molecular weight is 397 g/mol. The van der Waals surface area contributed by atoms with E-state index in [1.807, 2.05) is 6.07 Å². The number of carbonyl (C=O) groups is 2. The number of aromatic nitrogens is 1. The van der Waals surface area contributed by atoms with Crippen LogP contribution in [0.1, 0.15) is 26.4 Å². The summed E-state index contributed by atoms with van der Waals surface area (Å²) in [5.41, 5.74) is 6.23. The number of hydrogen-bond donors (Lipinski definition) is 2. The zero-order valence-electron chi connectivity index (χ0n) is 15.2. The van der Waals surface area contributed by atoms with E-state index in [4.69, 9.17) is 10.5 Å². The van der Waals surface area contributed by atoms with Crippen molar-refractivity contribution >= 4 is 11.8 Å². The molecular formula is C21H17F2N3O3. The molecule has 0 saturated heterocycles. The molecule has 6 nitrogen and oxygen atoms in total. The standard InChI is InChI=1S/C21H17F2N3O3/c22-17-5-4-14(11-18(17)23)21(28)26-8-6-13-2-1-3-15(10-13)29-16-7-9-25-19(12-16)20(24)27/h1-5,7,9-12H,6,8H2,(H2,24,27)(H,26,28). The van der Waals surface area contributed by atoms with Gasteiger partial charge in [0.15, 0.2) is 11.6 Å². The van der Waals surface area contributed by atoms with Crippen LogP contribution in [0.2, 0.25) is 0 Å². The minimum absolute atomic E-state index is 0.0453. The second-order valence-electron chi connectivity index (χ2n) is 6.13. The molecule has 0 fully saturated rings.